The number of carbonyl (C=O) groups is 1. The maximum absolute atomic E-state index is 12.3. The van der Waals surface area contributed by atoms with Gasteiger partial charge in [-0.3, -0.25) is 9.69 Å². The first-order valence-electron chi connectivity index (χ1n) is 6.69. The van der Waals surface area contributed by atoms with E-state index in [4.69, 9.17) is 4.74 Å². The van der Waals surface area contributed by atoms with E-state index in [0.29, 0.717) is 6.54 Å². The minimum atomic E-state index is 0.110. The number of rotatable bonds is 6. The van der Waals surface area contributed by atoms with Gasteiger partial charge in [0.2, 0.25) is 0 Å². The van der Waals surface area contributed by atoms with Crippen molar-refractivity contribution < 1.29 is 9.53 Å². The van der Waals surface area contributed by atoms with E-state index >= 15 is 0 Å². The van der Waals surface area contributed by atoms with Gasteiger partial charge in [0.05, 0.1) is 13.7 Å². The van der Waals surface area contributed by atoms with Gasteiger partial charge in [0.25, 0.3) is 0 Å². The average molecular weight is 348 g/mol. The van der Waals surface area contributed by atoms with Crippen LogP contribution in [0, 0.1) is 0 Å². The average Bonchev–Trinajstić information content (AvgIpc) is 2.48. The standard InChI is InChI=1S/C17H18BrNO2/c1-19(11-13-7-9-14(21-2)10-8-13)12-17(20)15-5-3-4-6-16(15)18/h3-10H,11-12H2,1-2H3. The number of ketones is 1. The maximum atomic E-state index is 12.3. The molecule has 0 aliphatic carbocycles. The van der Waals surface area contributed by atoms with E-state index in [9.17, 15) is 4.79 Å². The number of methoxy groups -OCH3 is 1. The zero-order chi connectivity index (χ0) is 15.2. The summed E-state index contributed by atoms with van der Waals surface area (Å²) in [6, 6.07) is 15.4. The number of halogens is 1. The number of carbonyl (C=O) groups excluding carboxylic acids is 1. The van der Waals surface area contributed by atoms with Crippen LogP contribution >= 0.6 is 15.9 Å². The molecule has 21 heavy (non-hydrogen) atoms. The lowest BCUT2D eigenvalue weighted by atomic mass is 10.1. The Hall–Kier alpha value is -1.65. The van der Waals surface area contributed by atoms with Crippen LogP contribution in [0.2, 0.25) is 0 Å². The molecule has 0 atom stereocenters. The molecule has 0 saturated carbocycles. The number of likely N-dealkylation sites (N-methyl/N-ethyl adjacent to an activating group) is 1. The van der Waals surface area contributed by atoms with Gasteiger partial charge >= 0.3 is 0 Å². The minimum Gasteiger partial charge on any atom is -0.497 e. The topological polar surface area (TPSA) is 29.5 Å². The first-order valence-corrected chi connectivity index (χ1v) is 7.48. The minimum absolute atomic E-state index is 0.110. The fourth-order valence-corrected chi connectivity index (χ4v) is 2.62. The Morgan fingerprint density at radius 1 is 1.14 bits per heavy atom. The molecule has 0 spiro atoms. The van der Waals surface area contributed by atoms with Crippen molar-refractivity contribution in [2.75, 3.05) is 20.7 Å². The van der Waals surface area contributed by atoms with Crippen molar-refractivity contribution in [1.29, 1.82) is 0 Å². The molecule has 2 rings (SSSR count). The Balaban J connectivity index is 1.96. The maximum Gasteiger partial charge on any atom is 0.177 e. The van der Waals surface area contributed by atoms with Crippen LogP contribution in [0.3, 0.4) is 0 Å². The number of ether oxygens (including phenoxy) is 1. The van der Waals surface area contributed by atoms with Gasteiger partial charge < -0.3 is 4.74 Å². The monoisotopic (exact) mass is 347 g/mol. The quantitative estimate of drug-likeness (QED) is 0.745. The van der Waals surface area contributed by atoms with E-state index in [-0.39, 0.29) is 5.78 Å². The predicted octanol–water partition coefficient (Wildman–Crippen LogP) is 3.77. The van der Waals surface area contributed by atoms with Crippen molar-refractivity contribution in [3.63, 3.8) is 0 Å². The Labute approximate surface area is 133 Å². The summed E-state index contributed by atoms with van der Waals surface area (Å²) in [4.78, 5) is 14.3. The van der Waals surface area contributed by atoms with E-state index < -0.39 is 0 Å². The molecular formula is C17H18BrNO2. The molecule has 0 heterocycles. The highest BCUT2D eigenvalue weighted by atomic mass is 79.9. The molecule has 4 heteroatoms. The smallest absolute Gasteiger partial charge is 0.177 e. The van der Waals surface area contributed by atoms with E-state index in [1.807, 2.05) is 60.5 Å². The highest BCUT2D eigenvalue weighted by Gasteiger charge is 2.12. The van der Waals surface area contributed by atoms with Crippen LogP contribution < -0.4 is 4.74 Å². The van der Waals surface area contributed by atoms with Gasteiger partial charge in [-0.05, 0) is 30.8 Å². The fraction of sp³-hybridized carbons (Fsp3) is 0.235. The zero-order valence-corrected chi connectivity index (χ0v) is 13.8. The second kappa shape index (κ2) is 7.38. The second-order valence-corrected chi connectivity index (χ2v) is 5.78. The van der Waals surface area contributed by atoms with Crippen LogP contribution in [0.15, 0.2) is 53.0 Å². The van der Waals surface area contributed by atoms with Crippen molar-refractivity contribution in [1.82, 2.24) is 4.90 Å². The predicted molar refractivity (Wildman–Crippen MR) is 87.8 cm³/mol. The third-order valence-corrected chi connectivity index (χ3v) is 3.89. The molecule has 0 fully saturated rings. The van der Waals surface area contributed by atoms with Gasteiger partial charge in [0, 0.05) is 16.6 Å². The molecule has 0 aliphatic heterocycles. The lowest BCUT2D eigenvalue weighted by molar-refractivity contribution is 0.0942. The molecule has 0 saturated heterocycles. The molecular weight excluding hydrogens is 330 g/mol. The lowest BCUT2D eigenvalue weighted by Gasteiger charge is -2.16. The van der Waals surface area contributed by atoms with E-state index in [2.05, 4.69) is 15.9 Å². The van der Waals surface area contributed by atoms with Crippen LogP contribution in [-0.2, 0) is 6.54 Å². The third-order valence-electron chi connectivity index (χ3n) is 3.20. The second-order valence-electron chi connectivity index (χ2n) is 4.92. The number of nitrogens with zero attached hydrogens (tertiary/aromatic N) is 1. The van der Waals surface area contributed by atoms with E-state index in [1.165, 1.54) is 0 Å². The third kappa shape index (κ3) is 4.41. The Bertz CT molecular complexity index is 610. The van der Waals surface area contributed by atoms with Gasteiger partial charge in [0.1, 0.15) is 5.75 Å². The molecule has 2 aromatic carbocycles. The van der Waals surface area contributed by atoms with Crippen LogP contribution in [0.25, 0.3) is 0 Å². The number of Topliss-reactive ketones (excluding diaryl/α,β-unsaturated/α-hetero) is 1. The van der Waals surface area contributed by atoms with Crippen molar-refractivity contribution in [2.24, 2.45) is 0 Å². The Morgan fingerprint density at radius 3 is 2.43 bits per heavy atom. The van der Waals surface area contributed by atoms with Gasteiger partial charge in [-0.25, -0.2) is 0 Å². The van der Waals surface area contributed by atoms with E-state index in [1.54, 1.807) is 7.11 Å². The molecule has 0 unspecified atom stereocenters. The summed E-state index contributed by atoms with van der Waals surface area (Å²) in [6.07, 6.45) is 0. The van der Waals surface area contributed by atoms with Crippen LogP contribution in [0.5, 0.6) is 5.75 Å². The van der Waals surface area contributed by atoms with Gasteiger partial charge in [-0.15, -0.1) is 0 Å². The summed E-state index contributed by atoms with van der Waals surface area (Å²) < 4.78 is 5.98. The largest absolute Gasteiger partial charge is 0.497 e. The summed E-state index contributed by atoms with van der Waals surface area (Å²) in [7, 11) is 3.59. The normalized spacial score (nSPS) is 10.7. The molecule has 2 aromatic rings. The van der Waals surface area contributed by atoms with E-state index in [0.717, 1.165) is 27.9 Å². The fourth-order valence-electron chi connectivity index (χ4n) is 2.12. The number of hydrogen-bond donors (Lipinski definition) is 0. The highest BCUT2D eigenvalue weighted by molar-refractivity contribution is 9.10. The molecule has 0 bridgehead atoms. The molecule has 0 aromatic heterocycles. The highest BCUT2D eigenvalue weighted by Crippen LogP contribution is 2.17. The molecule has 0 N–H and O–H groups in total. The molecule has 110 valence electrons. The lowest BCUT2D eigenvalue weighted by Crippen LogP contribution is -2.25. The Kier molecular flexibility index (Phi) is 5.53. The van der Waals surface area contributed by atoms with Crippen molar-refractivity contribution in [3.05, 3.63) is 64.1 Å². The number of hydrogen-bond acceptors (Lipinski definition) is 3. The summed E-state index contributed by atoms with van der Waals surface area (Å²) >= 11 is 3.42. The summed E-state index contributed by atoms with van der Waals surface area (Å²) in [5.41, 5.74) is 1.87. The van der Waals surface area contributed by atoms with Gasteiger partial charge in [-0.1, -0.05) is 46.3 Å². The first kappa shape index (κ1) is 15.7. The van der Waals surface area contributed by atoms with Crippen LogP contribution in [0.1, 0.15) is 15.9 Å². The summed E-state index contributed by atoms with van der Waals surface area (Å²) in [6.45, 7) is 1.11. The summed E-state index contributed by atoms with van der Waals surface area (Å²) in [5, 5.41) is 0. The molecule has 0 radical (unpaired) electrons. The van der Waals surface area contributed by atoms with Crippen molar-refractivity contribution in [2.45, 2.75) is 6.54 Å². The summed E-state index contributed by atoms with van der Waals surface area (Å²) in [5.74, 6) is 0.948. The molecule has 3 nitrogen and oxygen atoms in total. The molecule has 0 aliphatic rings. The number of benzene rings is 2. The van der Waals surface area contributed by atoms with Gasteiger partial charge in [0.15, 0.2) is 5.78 Å². The first-order chi connectivity index (χ1) is 10.1. The SMILES string of the molecule is COc1ccc(CN(C)CC(=O)c2ccccc2Br)cc1. The van der Waals surface area contributed by atoms with Crippen molar-refractivity contribution >= 4 is 21.7 Å². The Morgan fingerprint density at radius 2 is 1.81 bits per heavy atom. The van der Waals surface area contributed by atoms with Crippen molar-refractivity contribution in [3.8, 4) is 5.75 Å². The van der Waals surface area contributed by atoms with Crippen LogP contribution in [0.4, 0.5) is 0 Å². The molecule has 0 amide bonds. The van der Waals surface area contributed by atoms with Gasteiger partial charge in [-0.2, -0.15) is 0 Å². The van der Waals surface area contributed by atoms with Crippen LogP contribution in [-0.4, -0.2) is 31.4 Å². The zero-order valence-electron chi connectivity index (χ0n) is 12.2.